The Morgan fingerprint density at radius 3 is 2.71 bits per heavy atom. The smallest absolute Gasteiger partial charge is 0.303 e. The second-order valence-electron chi connectivity index (χ2n) is 5.24. The number of ether oxygens (including phenoxy) is 1. The molecule has 126 valence electrons. The van der Waals surface area contributed by atoms with Crippen molar-refractivity contribution in [2.24, 2.45) is 0 Å². The molecular formula is C18H20N2O4. The van der Waals surface area contributed by atoms with Crippen LogP contribution in [0.25, 0.3) is 11.3 Å². The van der Waals surface area contributed by atoms with Crippen LogP contribution in [0.2, 0.25) is 0 Å². The van der Waals surface area contributed by atoms with Crippen LogP contribution in [0.4, 0.5) is 0 Å². The van der Waals surface area contributed by atoms with Gasteiger partial charge in [0.2, 0.25) is 0 Å². The number of rotatable bonds is 8. The van der Waals surface area contributed by atoms with E-state index in [0.29, 0.717) is 30.7 Å². The molecule has 2 rings (SSSR count). The van der Waals surface area contributed by atoms with E-state index >= 15 is 0 Å². The Bertz CT molecular complexity index is 701. The van der Waals surface area contributed by atoms with E-state index in [0.717, 1.165) is 11.3 Å². The van der Waals surface area contributed by atoms with Gasteiger partial charge in [0.1, 0.15) is 5.75 Å². The van der Waals surface area contributed by atoms with Crippen LogP contribution in [0.15, 0.2) is 42.6 Å². The predicted octanol–water partition coefficient (Wildman–Crippen LogP) is 2.74. The van der Waals surface area contributed by atoms with Crippen LogP contribution < -0.4 is 10.1 Å². The number of hydrogen-bond acceptors (Lipinski definition) is 4. The molecule has 6 nitrogen and oxygen atoms in total. The summed E-state index contributed by atoms with van der Waals surface area (Å²) in [4.78, 5) is 27.0. The van der Waals surface area contributed by atoms with Gasteiger partial charge in [-0.15, -0.1) is 0 Å². The van der Waals surface area contributed by atoms with E-state index in [1.807, 2.05) is 18.2 Å². The minimum Gasteiger partial charge on any atom is -0.496 e. The molecule has 1 amide bonds. The Hall–Kier alpha value is -2.89. The summed E-state index contributed by atoms with van der Waals surface area (Å²) in [7, 11) is 1.57. The normalized spacial score (nSPS) is 10.2. The van der Waals surface area contributed by atoms with Crippen LogP contribution in [0.3, 0.4) is 0 Å². The van der Waals surface area contributed by atoms with Crippen LogP contribution in [0.1, 0.15) is 29.6 Å². The van der Waals surface area contributed by atoms with Crippen LogP contribution in [-0.4, -0.2) is 35.6 Å². The standard InChI is InChI=1S/C18H20N2O4/c1-24-16-9-8-13(12-14(16)15-6-2-4-10-19-15)18(23)20-11-5-3-7-17(21)22/h2,4,6,8-10,12H,3,5,7,11H2,1H3,(H,20,23)(H,21,22). The average molecular weight is 328 g/mol. The van der Waals surface area contributed by atoms with Crippen molar-refractivity contribution < 1.29 is 19.4 Å². The first-order valence-electron chi connectivity index (χ1n) is 7.71. The topological polar surface area (TPSA) is 88.5 Å². The highest BCUT2D eigenvalue weighted by Gasteiger charge is 2.12. The van der Waals surface area contributed by atoms with Crippen molar-refractivity contribution >= 4 is 11.9 Å². The SMILES string of the molecule is COc1ccc(C(=O)NCCCCC(=O)O)cc1-c1ccccn1. The summed E-state index contributed by atoms with van der Waals surface area (Å²) in [5.41, 5.74) is 1.98. The lowest BCUT2D eigenvalue weighted by Crippen LogP contribution is -2.24. The number of carbonyl (C=O) groups excluding carboxylic acids is 1. The summed E-state index contributed by atoms with van der Waals surface area (Å²) in [6, 6.07) is 10.7. The third kappa shape index (κ3) is 4.81. The first kappa shape index (κ1) is 17.5. The van der Waals surface area contributed by atoms with Gasteiger partial charge in [0.15, 0.2) is 0 Å². The maximum absolute atomic E-state index is 12.2. The van der Waals surface area contributed by atoms with Crippen LogP contribution in [0.5, 0.6) is 5.75 Å². The quantitative estimate of drug-likeness (QED) is 0.727. The average Bonchev–Trinajstić information content (AvgIpc) is 2.61. The van der Waals surface area contributed by atoms with Crippen molar-refractivity contribution in [3.63, 3.8) is 0 Å². The summed E-state index contributed by atoms with van der Waals surface area (Å²) in [6.07, 6.45) is 2.96. The van der Waals surface area contributed by atoms with Crippen LogP contribution in [0, 0.1) is 0 Å². The fourth-order valence-electron chi connectivity index (χ4n) is 2.28. The van der Waals surface area contributed by atoms with Gasteiger partial charge in [0.05, 0.1) is 12.8 Å². The van der Waals surface area contributed by atoms with Crippen molar-refractivity contribution in [1.82, 2.24) is 10.3 Å². The fraction of sp³-hybridized carbons (Fsp3) is 0.278. The van der Waals surface area contributed by atoms with E-state index in [4.69, 9.17) is 9.84 Å². The second-order valence-corrected chi connectivity index (χ2v) is 5.24. The minimum atomic E-state index is -0.823. The molecular weight excluding hydrogens is 308 g/mol. The number of nitrogens with zero attached hydrogens (tertiary/aromatic N) is 1. The monoisotopic (exact) mass is 328 g/mol. The van der Waals surface area contributed by atoms with E-state index in [-0.39, 0.29) is 12.3 Å². The number of carboxylic acid groups (broad SMARTS) is 1. The van der Waals surface area contributed by atoms with Gasteiger partial charge < -0.3 is 15.2 Å². The largest absolute Gasteiger partial charge is 0.496 e. The van der Waals surface area contributed by atoms with Gasteiger partial charge in [-0.25, -0.2) is 0 Å². The second kappa shape index (κ2) is 8.67. The summed E-state index contributed by atoms with van der Waals surface area (Å²) in [5.74, 6) is -0.381. The number of aliphatic carboxylic acids is 1. The maximum atomic E-state index is 12.2. The van der Waals surface area contributed by atoms with Crippen molar-refractivity contribution in [2.45, 2.75) is 19.3 Å². The number of hydrogen-bond donors (Lipinski definition) is 2. The number of carbonyl (C=O) groups is 2. The molecule has 2 N–H and O–H groups in total. The molecule has 0 unspecified atom stereocenters. The van der Waals surface area contributed by atoms with Crippen LogP contribution in [-0.2, 0) is 4.79 Å². The van der Waals surface area contributed by atoms with Crippen molar-refractivity contribution in [1.29, 1.82) is 0 Å². The molecule has 1 aromatic carbocycles. The minimum absolute atomic E-state index is 0.113. The van der Waals surface area contributed by atoms with Crippen molar-refractivity contribution in [2.75, 3.05) is 13.7 Å². The summed E-state index contributed by atoms with van der Waals surface area (Å²) in [5, 5.41) is 11.4. The molecule has 6 heteroatoms. The molecule has 0 saturated carbocycles. The Kier molecular flexibility index (Phi) is 6.31. The van der Waals surface area contributed by atoms with Gasteiger partial charge in [0, 0.05) is 30.3 Å². The van der Waals surface area contributed by atoms with Crippen molar-refractivity contribution in [3.05, 3.63) is 48.2 Å². The van der Waals surface area contributed by atoms with E-state index in [1.54, 1.807) is 31.5 Å². The lowest BCUT2D eigenvalue weighted by molar-refractivity contribution is -0.137. The van der Waals surface area contributed by atoms with Gasteiger partial charge in [0.25, 0.3) is 5.91 Å². The van der Waals surface area contributed by atoms with Crippen molar-refractivity contribution in [3.8, 4) is 17.0 Å². The zero-order valence-corrected chi connectivity index (χ0v) is 13.5. The first-order valence-corrected chi connectivity index (χ1v) is 7.71. The molecule has 0 saturated heterocycles. The van der Waals surface area contributed by atoms with E-state index in [2.05, 4.69) is 10.3 Å². The zero-order valence-electron chi connectivity index (χ0n) is 13.5. The summed E-state index contributed by atoms with van der Waals surface area (Å²) >= 11 is 0. The molecule has 0 spiro atoms. The number of benzene rings is 1. The molecule has 0 aliphatic heterocycles. The van der Waals surface area contributed by atoms with Gasteiger partial charge in [-0.3, -0.25) is 14.6 Å². The molecule has 2 aromatic rings. The third-order valence-corrected chi connectivity index (χ3v) is 3.51. The molecule has 0 fully saturated rings. The van der Waals surface area contributed by atoms with E-state index in [9.17, 15) is 9.59 Å². The fourth-order valence-corrected chi connectivity index (χ4v) is 2.28. The summed E-state index contributed by atoms with van der Waals surface area (Å²) in [6.45, 7) is 0.442. The van der Waals surface area contributed by atoms with Gasteiger partial charge in [-0.2, -0.15) is 0 Å². The zero-order chi connectivity index (χ0) is 17.4. The van der Waals surface area contributed by atoms with Gasteiger partial charge in [-0.1, -0.05) is 6.07 Å². The predicted molar refractivity (Wildman–Crippen MR) is 90.0 cm³/mol. The number of pyridine rings is 1. The lowest BCUT2D eigenvalue weighted by Gasteiger charge is -2.11. The Labute approximate surface area is 140 Å². The first-order chi connectivity index (χ1) is 11.6. The molecule has 1 aromatic heterocycles. The molecule has 0 atom stereocenters. The number of unbranched alkanes of at least 4 members (excludes halogenated alkanes) is 1. The van der Waals surface area contributed by atoms with E-state index < -0.39 is 5.97 Å². The molecule has 24 heavy (non-hydrogen) atoms. The highest BCUT2D eigenvalue weighted by Crippen LogP contribution is 2.29. The van der Waals surface area contributed by atoms with E-state index in [1.165, 1.54) is 0 Å². The number of aromatic nitrogens is 1. The van der Waals surface area contributed by atoms with Gasteiger partial charge in [-0.05, 0) is 43.2 Å². The Morgan fingerprint density at radius 2 is 2.04 bits per heavy atom. The Morgan fingerprint density at radius 1 is 1.21 bits per heavy atom. The Balaban J connectivity index is 2.05. The highest BCUT2D eigenvalue weighted by atomic mass is 16.5. The summed E-state index contributed by atoms with van der Waals surface area (Å²) < 4.78 is 5.34. The van der Waals surface area contributed by atoms with Crippen LogP contribution >= 0.6 is 0 Å². The molecule has 0 bridgehead atoms. The van der Waals surface area contributed by atoms with Gasteiger partial charge >= 0.3 is 5.97 Å². The lowest BCUT2D eigenvalue weighted by atomic mass is 10.1. The number of amides is 1. The number of methoxy groups -OCH3 is 1. The highest BCUT2D eigenvalue weighted by molar-refractivity contribution is 5.96. The molecule has 0 radical (unpaired) electrons. The number of nitrogens with one attached hydrogen (secondary N) is 1. The molecule has 1 heterocycles. The third-order valence-electron chi connectivity index (χ3n) is 3.51. The number of carboxylic acids is 1. The molecule has 0 aliphatic carbocycles. The molecule has 0 aliphatic rings. The maximum Gasteiger partial charge on any atom is 0.303 e.